The first-order chi connectivity index (χ1) is 13.0. The molecule has 0 aliphatic rings. The van der Waals surface area contributed by atoms with Crippen molar-refractivity contribution in [2.75, 3.05) is 6.54 Å². The van der Waals surface area contributed by atoms with Crippen LogP contribution in [0.15, 0.2) is 0 Å². The van der Waals surface area contributed by atoms with Gasteiger partial charge in [0.2, 0.25) is 11.8 Å². The van der Waals surface area contributed by atoms with Crippen molar-refractivity contribution in [2.45, 2.75) is 122 Å². The quantitative estimate of drug-likeness (QED) is 0.430. The third-order valence-electron chi connectivity index (χ3n) is 8.02. The molecule has 0 bridgehead atoms. The van der Waals surface area contributed by atoms with Crippen LogP contribution in [0.1, 0.15) is 116 Å². The van der Waals surface area contributed by atoms with E-state index in [0.717, 1.165) is 19.3 Å². The normalized spacial score (nSPS) is 14.5. The fourth-order valence-corrected chi connectivity index (χ4v) is 4.14. The molecule has 4 heteroatoms. The van der Waals surface area contributed by atoms with E-state index in [9.17, 15) is 9.59 Å². The van der Waals surface area contributed by atoms with Crippen LogP contribution in [0, 0.1) is 27.1 Å². The van der Waals surface area contributed by atoms with Crippen molar-refractivity contribution < 1.29 is 9.59 Å². The van der Waals surface area contributed by atoms with Gasteiger partial charge in [0, 0.05) is 11.0 Å². The number of hydrogen-bond donors (Lipinski definition) is 2. The summed E-state index contributed by atoms with van der Waals surface area (Å²) in [5, 5.41) is 6.00. The molecular weight excluding hydrogens is 372 g/mol. The van der Waals surface area contributed by atoms with E-state index in [0.29, 0.717) is 0 Å². The molecule has 0 spiro atoms. The molecule has 0 fully saturated rings. The molecular formula is C26H52N2O2. The molecule has 0 unspecified atom stereocenters. The van der Waals surface area contributed by atoms with Crippen molar-refractivity contribution in [1.82, 2.24) is 10.6 Å². The van der Waals surface area contributed by atoms with Crippen molar-refractivity contribution >= 4 is 11.8 Å². The zero-order chi connectivity index (χ0) is 24.4. The van der Waals surface area contributed by atoms with Crippen molar-refractivity contribution in [1.29, 1.82) is 0 Å². The van der Waals surface area contributed by atoms with Gasteiger partial charge in [0.1, 0.15) is 0 Å². The Hall–Kier alpha value is -1.06. The number of rotatable bonds is 10. The first-order valence-corrected chi connectivity index (χ1v) is 11.6. The van der Waals surface area contributed by atoms with Gasteiger partial charge in [-0.05, 0) is 48.3 Å². The molecule has 0 radical (unpaired) electrons. The number of carbonyl (C=O) groups excluding carboxylic acids is 2. The van der Waals surface area contributed by atoms with Gasteiger partial charge in [0.05, 0.1) is 6.54 Å². The molecule has 2 N–H and O–H groups in total. The van der Waals surface area contributed by atoms with Gasteiger partial charge in [-0.25, -0.2) is 0 Å². The Morgan fingerprint density at radius 2 is 1.13 bits per heavy atom. The van der Waals surface area contributed by atoms with Crippen molar-refractivity contribution in [3.63, 3.8) is 0 Å². The average molecular weight is 425 g/mol. The minimum atomic E-state index is -0.542. The smallest absolute Gasteiger partial charge is 0.239 e. The maximum absolute atomic E-state index is 12.9. The van der Waals surface area contributed by atoms with Gasteiger partial charge in [-0.15, -0.1) is 0 Å². The van der Waals surface area contributed by atoms with Crippen LogP contribution < -0.4 is 10.6 Å². The molecule has 0 aromatic heterocycles. The summed E-state index contributed by atoms with van der Waals surface area (Å²) in [5.74, 6) is -0.201. The lowest BCUT2D eigenvalue weighted by Crippen LogP contribution is -2.52. The zero-order valence-electron chi connectivity index (χ0n) is 22.6. The Kier molecular flexibility index (Phi) is 8.88. The van der Waals surface area contributed by atoms with E-state index < -0.39 is 5.41 Å². The lowest BCUT2D eigenvalue weighted by molar-refractivity contribution is -0.134. The summed E-state index contributed by atoms with van der Waals surface area (Å²) in [6, 6.07) is 0. The van der Waals surface area contributed by atoms with E-state index in [1.165, 1.54) is 0 Å². The number of amides is 2. The van der Waals surface area contributed by atoms with E-state index in [-0.39, 0.29) is 45.6 Å². The molecule has 0 saturated heterocycles. The predicted molar refractivity (Wildman–Crippen MR) is 129 cm³/mol. The molecule has 178 valence electrons. The Morgan fingerprint density at radius 1 is 0.667 bits per heavy atom. The number of nitrogens with one attached hydrogen (secondary N) is 2. The summed E-state index contributed by atoms with van der Waals surface area (Å²) >= 11 is 0. The lowest BCUT2D eigenvalue weighted by atomic mass is 9.60. The van der Waals surface area contributed by atoms with Crippen molar-refractivity contribution in [2.24, 2.45) is 27.1 Å². The van der Waals surface area contributed by atoms with Crippen LogP contribution in [-0.2, 0) is 9.59 Å². The van der Waals surface area contributed by atoms with E-state index in [1.54, 1.807) is 0 Å². The van der Waals surface area contributed by atoms with Gasteiger partial charge >= 0.3 is 0 Å². The van der Waals surface area contributed by atoms with Crippen LogP contribution in [0.2, 0.25) is 0 Å². The molecule has 0 aromatic rings. The lowest BCUT2D eigenvalue weighted by Gasteiger charge is -2.45. The summed E-state index contributed by atoms with van der Waals surface area (Å²) in [6.45, 7) is 30.4. The molecule has 0 aliphatic carbocycles. The van der Waals surface area contributed by atoms with E-state index in [1.807, 2.05) is 13.8 Å². The zero-order valence-corrected chi connectivity index (χ0v) is 22.6. The Morgan fingerprint density at radius 3 is 1.53 bits per heavy atom. The standard InChI is InChI=1S/C26H52N2O2/c1-15-23(7,8)25(11,12)17-22(5,6)20(30)27-16-19(29)28-26(13,14)18-24(9,10)21(2,3)4/h15-18H2,1-14H3,(H,27,30)(H,28,29). The summed E-state index contributed by atoms with van der Waals surface area (Å²) in [6.07, 6.45) is 2.68. The summed E-state index contributed by atoms with van der Waals surface area (Å²) in [5.41, 5.74) is -0.558. The van der Waals surface area contributed by atoms with Gasteiger partial charge in [-0.1, -0.05) is 89.5 Å². The monoisotopic (exact) mass is 424 g/mol. The van der Waals surface area contributed by atoms with E-state index in [4.69, 9.17) is 0 Å². The second-order valence-corrected chi connectivity index (χ2v) is 13.6. The van der Waals surface area contributed by atoms with Crippen LogP contribution >= 0.6 is 0 Å². The minimum absolute atomic E-state index is 0.00534. The highest BCUT2D eigenvalue weighted by Crippen LogP contribution is 2.48. The van der Waals surface area contributed by atoms with Gasteiger partial charge in [-0.2, -0.15) is 0 Å². The van der Waals surface area contributed by atoms with Gasteiger partial charge in [-0.3, -0.25) is 9.59 Å². The van der Waals surface area contributed by atoms with Gasteiger partial charge < -0.3 is 10.6 Å². The Bertz CT molecular complexity index is 605. The third-order valence-corrected chi connectivity index (χ3v) is 8.02. The van der Waals surface area contributed by atoms with Crippen molar-refractivity contribution in [3.05, 3.63) is 0 Å². The number of carbonyl (C=O) groups is 2. The first-order valence-electron chi connectivity index (χ1n) is 11.6. The van der Waals surface area contributed by atoms with Crippen LogP contribution in [0.5, 0.6) is 0 Å². The molecule has 2 amide bonds. The highest BCUT2D eigenvalue weighted by atomic mass is 16.2. The fraction of sp³-hybridized carbons (Fsp3) is 0.923. The second-order valence-electron chi connectivity index (χ2n) is 13.6. The summed E-state index contributed by atoms with van der Waals surface area (Å²) in [4.78, 5) is 25.5. The molecule has 0 heterocycles. The third kappa shape index (κ3) is 7.89. The van der Waals surface area contributed by atoms with Gasteiger partial charge in [0.25, 0.3) is 0 Å². The Balaban J connectivity index is 4.96. The molecule has 0 aromatic carbocycles. The minimum Gasteiger partial charge on any atom is -0.350 e. The predicted octanol–water partition coefficient (Wildman–Crippen LogP) is 6.34. The highest BCUT2D eigenvalue weighted by molar-refractivity contribution is 5.87. The van der Waals surface area contributed by atoms with Crippen molar-refractivity contribution in [3.8, 4) is 0 Å². The average Bonchev–Trinajstić information content (AvgIpc) is 2.48. The fourth-order valence-electron chi connectivity index (χ4n) is 4.14. The number of hydrogen-bond acceptors (Lipinski definition) is 2. The molecule has 0 atom stereocenters. The molecule has 4 nitrogen and oxygen atoms in total. The highest BCUT2D eigenvalue weighted by Gasteiger charge is 2.42. The Labute approximate surface area is 187 Å². The van der Waals surface area contributed by atoms with Gasteiger partial charge in [0.15, 0.2) is 0 Å². The molecule has 0 aliphatic heterocycles. The first kappa shape index (κ1) is 28.9. The molecule has 0 rings (SSSR count). The summed E-state index contributed by atoms with van der Waals surface area (Å²) in [7, 11) is 0. The SMILES string of the molecule is CCC(C)(C)C(C)(C)CC(C)(C)C(=O)NCC(=O)NC(C)(C)CC(C)(C)C(C)(C)C. The largest absolute Gasteiger partial charge is 0.350 e. The maximum atomic E-state index is 12.9. The second kappa shape index (κ2) is 9.20. The van der Waals surface area contributed by atoms with Crippen LogP contribution in [-0.4, -0.2) is 23.9 Å². The maximum Gasteiger partial charge on any atom is 0.239 e. The summed E-state index contributed by atoms with van der Waals surface area (Å²) < 4.78 is 0. The topological polar surface area (TPSA) is 58.2 Å². The van der Waals surface area contributed by atoms with E-state index >= 15 is 0 Å². The van der Waals surface area contributed by atoms with Crippen LogP contribution in [0.3, 0.4) is 0 Å². The van der Waals surface area contributed by atoms with E-state index in [2.05, 4.69) is 93.7 Å². The molecule has 30 heavy (non-hydrogen) atoms. The van der Waals surface area contributed by atoms with Crippen LogP contribution in [0.25, 0.3) is 0 Å². The molecule has 0 saturated carbocycles. The van der Waals surface area contributed by atoms with Crippen LogP contribution in [0.4, 0.5) is 0 Å².